The molecule has 5 nitrogen and oxygen atoms in total. The summed E-state index contributed by atoms with van der Waals surface area (Å²) in [4.78, 5) is 1.09. The summed E-state index contributed by atoms with van der Waals surface area (Å²) in [6.45, 7) is 2.98. The molecule has 1 aliphatic heterocycles. The molecule has 0 bridgehead atoms. The molecule has 0 saturated carbocycles. The van der Waals surface area contributed by atoms with E-state index >= 15 is 0 Å². The molecule has 2 aromatic rings. The summed E-state index contributed by atoms with van der Waals surface area (Å²) in [5.41, 5.74) is 0. The van der Waals surface area contributed by atoms with Gasteiger partial charge in [0.05, 0.1) is 12.4 Å². The van der Waals surface area contributed by atoms with Crippen LogP contribution in [0.25, 0.3) is 0 Å². The minimum atomic E-state index is -3.28. The maximum absolute atomic E-state index is 12.5. The van der Waals surface area contributed by atoms with Crippen LogP contribution in [-0.2, 0) is 21.2 Å². The highest BCUT2D eigenvalue weighted by atomic mass is 32.2. The normalized spacial score (nSPS) is 20.3. The fourth-order valence-corrected chi connectivity index (χ4v) is 4.78. The molecule has 0 radical (unpaired) electrons. The average Bonchev–Trinajstić information content (AvgIpc) is 3.17. The Labute approximate surface area is 134 Å². The van der Waals surface area contributed by atoms with Crippen molar-refractivity contribution >= 4 is 21.4 Å². The molecule has 0 N–H and O–H groups in total. The summed E-state index contributed by atoms with van der Waals surface area (Å²) in [5.74, 6) is 1.63. The monoisotopic (exact) mass is 341 g/mol. The van der Waals surface area contributed by atoms with Gasteiger partial charge in [-0.25, -0.2) is 8.42 Å². The van der Waals surface area contributed by atoms with Crippen LogP contribution < -0.4 is 0 Å². The predicted octanol–water partition coefficient (Wildman–Crippen LogP) is 2.60. The van der Waals surface area contributed by atoms with Gasteiger partial charge in [-0.1, -0.05) is 6.07 Å². The zero-order valence-electron chi connectivity index (χ0n) is 12.4. The van der Waals surface area contributed by atoms with E-state index in [0.29, 0.717) is 31.9 Å². The van der Waals surface area contributed by atoms with Crippen LogP contribution in [0.2, 0.25) is 0 Å². The lowest BCUT2D eigenvalue weighted by Gasteiger charge is -2.31. The highest BCUT2D eigenvalue weighted by molar-refractivity contribution is 7.89. The van der Waals surface area contributed by atoms with Crippen LogP contribution in [0.4, 0.5) is 0 Å². The van der Waals surface area contributed by atoms with E-state index < -0.39 is 10.0 Å². The van der Waals surface area contributed by atoms with Gasteiger partial charge in [0.1, 0.15) is 17.6 Å². The number of furan rings is 1. The molecule has 0 aliphatic carbocycles. The van der Waals surface area contributed by atoms with E-state index in [1.54, 1.807) is 11.3 Å². The van der Waals surface area contributed by atoms with Crippen molar-refractivity contribution in [1.29, 1.82) is 0 Å². The summed E-state index contributed by atoms with van der Waals surface area (Å²) in [7, 11) is -3.28. The van der Waals surface area contributed by atoms with Crippen LogP contribution in [0.15, 0.2) is 34.1 Å². The standard InChI is InChI=1S/C15H19NO4S2/c1-12-4-5-14(20-12)15-11-16(7-8-19-15)22(17,18)10-6-13-3-2-9-21-13/h2-5,9,15H,6-8,10-11H2,1H3/t15-/m1/s1. The molecule has 3 heterocycles. The van der Waals surface area contributed by atoms with Gasteiger partial charge in [-0.05, 0) is 36.9 Å². The second kappa shape index (κ2) is 6.54. The van der Waals surface area contributed by atoms with Gasteiger partial charge < -0.3 is 9.15 Å². The summed E-state index contributed by atoms with van der Waals surface area (Å²) < 4.78 is 37.7. The number of nitrogens with zero attached hydrogens (tertiary/aromatic N) is 1. The molecule has 1 saturated heterocycles. The van der Waals surface area contributed by atoms with Crippen molar-refractivity contribution in [2.45, 2.75) is 19.4 Å². The fraction of sp³-hybridized carbons (Fsp3) is 0.467. The minimum Gasteiger partial charge on any atom is -0.464 e. The Bertz CT molecular complexity index is 706. The van der Waals surface area contributed by atoms with Crippen LogP contribution in [0.3, 0.4) is 0 Å². The second-order valence-corrected chi connectivity index (χ2v) is 8.43. The van der Waals surface area contributed by atoms with Crippen molar-refractivity contribution in [1.82, 2.24) is 4.31 Å². The number of hydrogen-bond acceptors (Lipinski definition) is 5. The molecule has 0 spiro atoms. The van der Waals surface area contributed by atoms with Gasteiger partial charge in [-0.15, -0.1) is 11.3 Å². The lowest BCUT2D eigenvalue weighted by Crippen LogP contribution is -2.43. The number of sulfonamides is 1. The molecule has 0 amide bonds. The van der Waals surface area contributed by atoms with Gasteiger partial charge in [0.25, 0.3) is 0 Å². The third-order valence-electron chi connectivity index (χ3n) is 3.69. The lowest BCUT2D eigenvalue weighted by molar-refractivity contribution is -0.0145. The minimum absolute atomic E-state index is 0.136. The van der Waals surface area contributed by atoms with Gasteiger partial charge >= 0.3 is 0 Å². The Balaban J connectivity index is 1.65. The molecule has 3 rings (SSSR count). The third kappa shape index (κ3) is 3.60. The highest BCUT2D eigenvalue weighted by Gasteiger charge is 2.31. The quantitative estimate of drug-likeness (QED) is 0.839. The third-order valence-corrected chi connectivity index (χ3v) is 6.46. The molecule has 7 heteroatoms. The summed E-state index contributed by atoms with van der Waals surface area (Å²) in [6, 6.07) is 7.62. The molecular formula is C15H19NO4S2. The highest BCUT2D eigenvalue weighted by Crippen LogP contribution is 2.25. The van der Waals surface area contributed by atoms with Crippen molar-refractivity contribution in [2.24, 2.45) is 0 Å². The molecule has 0 aromatic carbocycles. The van der Waals surface area contributed by atoms with Crippen molar-refractivity contribution < 1.29 is 17.6 Å². The smallest absolute Gasteiger partial charge is 0.214 e. The predicted molar refractivity (Wildman–Crippen MR) is 85.5 cm³/mol. The maximum atomic E-state index is 12.5. The Hall–Kier alpha value is -1.15. The van der Waals surface area contributed by atoms with Gasteiger partial charge in [-0.3, -0.25) is 0 Å². The van der Waals surface area contributed by atoms with Gasteiger partial charge in [-0.2, -0.15) is 4.31 Å². The largest absolute Gasteiger partial charge is 0.464 e. The molecule has 22 heavy (non-hydrogen) atoms. The number of aryl methyl sites for hydroxylation is 2. The van der Waals surface area contributed by atoms with E-state index in [-0.39, 0.29) is 11.9 Å². The van der Waals surface area contributed by atoms with E-state index in [2.05, 4.69) is 0 Å². The lowest BCUT2D eigenvalue weighted by atomic mass is 10.2. The molecule has 1 aliphatic rings. The molecular weight excluding hydrogens is 322 g/mol. The zero-order valence-corrected chi connectivity index (χ0v) is 14.0. The molecule has 1 atom stereocenters. The van der Waals surface area contributed by atoms with Crippen LogP contribution >= 0.6 is 11.3 Å². The van der Waals surface area contributed by atoms with Crippen LogP contribution in [0.1, 0.15) is 22.5 Å². The number of thiophene rings is 1. The average molecular weight is 341 g/mol. The number of hydrogen-bond donors (Lipinski definition) is 0. The summed E-state index contributed by atoms with van der Waals surface area (Å²) >= 11 is 1.59. The topological polar surface area (TPSA) is 59.8 Å². The van der Waals surface area contributed by atoms with Gasteiger partial charge in [0.15, 0.2) is 0 Å². The van der Waals surface area contributed by atoms with Gasteiger partial charge in [0.2, 0.25) is 10.0 Å². The first-order valence-corrected chi connectivity index (χ1v) is 9.71. The van der Waals surface area contributed by atoms with Crippen molar-refractivity contribution in [3.63, 3.8) is 0 Å². The Kier molecular flexibility index (Phi) is 4.67. The maximum Gasteiger partial charge on any atom is 0.214 e. The van der Waals surface area contributed by atoms with Crippen LogP contribution in [0, 0.1) is 6.92 Å². The van der Waals surface area contributed by atoms with E-state index in [4.69, 9.17) is 9.15 Å². The number of rotatable bonds is 5. The SMILES string of the molecule is Cc1ccc([C@H]2CN(S(=O)(=O)CCc3cccs3)CCO2)o1. The van der Waals surface area contributed by atoms with Crippen molar-refractivity contribution in [2.75, 3.05) is 25.4 Å². The summed E-state index contributed by atoms with van der Waals surface area (Å²) in [5, 5.41) is 1.96. The zero-order chi connectivity index (χ0) is 15.6. The Morgan fingerprint density at radius 2 is 2.23 bits per heavy atom. The van der Waals surface area contributed by atoms with E-state index in [0.717, 1.165) is 10.6 Å². The van der Waals surface area contributed by atoms with E-state index in [1.165, 1.54) is 4.31 Å². The van der Waals surface area contributed by atoms with E-state index in [9.17, 15) is 8.42 Å². The van der Waals surface area contributed by atoms with Crippen LogP contribution in [0.5, 0.6) is 0 Å². The first-order chi connectivity index (χ1) is 10.5. The molecule has 120 valence electrons. The first-order valence-electron chi connectivity index (χ1n) is 7.23. The summed E-state index contributed by atoms with van der Waals surface area (Å²) in [6.07, 6.45) is 0.237. The molecule has 2 aromatic heterocycles. The molecule has 0 unspecified atom stereocenters. The number of ether oxygens (including phenoxy) is 1. The van der Waals surface area contributed by atoms with E-state index in [1.807, 2.05) is 36.6 Å². The van der Waals surface area contributed by atoms with Crippen molar-refractivity contribution in [3.05, 3.63) is 46.0 Å². The number of morpholine rings is 1. The first kappa shape index (κ1) is 15.7. The Morgan fingerprint density at radius 3 is 2.91 bits per heavy atom. The second-order valence-electron chi connectivity index (χ2n) is 5.31. The van der Waals surface area contributed by atoms with Crippen molar-refractivity contribution in [3.8, 4) is 0 Å². The molecule has 1 fully saturated rings. The van der Waals surface area contributed by atoms with Gasteiger partial charge in [0, 0.05) is 18.0 Å². The fourth-order valence-electron chi connectivity index (χ4n) is 2.49. The van der Waals surface area contributed by atoms with Crippen LogP contribution in [-0.4, -0.2) is 38.2 Å². The Morgan fingerprint density at radius 1 is 1.36 bits per heavy atom.